The third-order valence-electron chi connectivity index (χ3n) is 3.21. The second-order valence-electron chi connectivity index (χ2n) is 4.55. The monoisotopic (exact) mass is 320 g/mol. The number of carbonyl (C=O) groups is 1. The Labute approximate surface area is 123 Å². The number of rotatable bonds is 8. The molecule has 0 spiro atoms. The number of thiophene rings is 1. The molecule has 1 unspecified atom stereocenters. The van der Waals surface area contributed by atoms with E-state index in [1.807, 2.05) is 11.9 Å². The maximum Gasteiger partial charge on any atom is 0.347 e. The molecular weight excluding hydrogens is 300 g/mol. The van der Waals surface area contributed by atoms with Gasteiger partial charge in [0, 0.05) is 19.1 Å². The third-order valence-corrected chi connectivity index (χ3v) is 5.75. The Balaban J connectivity index is 2.67. The van der Waals surface area contributed by atoms with Crippen LogP contribution in [-0.2, 0) is 10.0 Å². The number of hydrogen-bond acceptors (Lipinski definition) is 5. The largest absolute Gasteiger partial charge is 0.477 e. The van der Waals surface area contributed by atoms with E-state index in [1.165, 1.54) is 11.4 Å². The average Bonchev–Trinajstić information content (AvgIpc) is 2.87. The van der Waals surface area contributed by atoms with Crippen LogP contribution in [0.5, 0.6) is 0 Å². The van der Waals surface area contributed by atoms with E-state index < -0.39 is 16.0 Å². The molecule has 0 aliphatic rings. The van der Waals surface area contributed by atoms with E-state index in [1.54, 1.807) is 0 Å². The first-order valence-corrected chi connectivity index (χ1v) is 8.66. The SMILES string of the molecule is CCC(C)N(C)CCNS(=O)(=O)c1ccsc1C(=O)O. The fourth-order valence-electron chi connectivity index (χ4n) is 1.63. The lowest BCUT2D eigenvalue weighted by Gasteiger charge is -2.23. The van der Waals surface area contributed by atoms with Crippen molar-refractivity contribution in [2.75, 3.05) is 20.1 Å². The summed E-state index contributed by atoms with van der Waals surface area (Å²) in [5.74, 6) is -1.22. The van der Waals surface area contributed by atoms with Crippen molar-refractivity contribution in [1.82, 2.24) is 9.62 Å². The molecule has 6 nitrogen and oxygen atoms in total. The quantitative estimate of drug-likeness (QED) is 0.757. The zero-order valence-electron chi connectivity index (χ0n) is 11.8. The summed E-state index contributed by atoms with van der Waals surface area (Å²) >= 11 is 0.904. The van der Waals surface area contributed by atoms with Gasteiger partial charge in [0.2, 0.25) is 10.0 Å². The molecule has 1 aromatic heterocycles. The van der Waals surface area contributed by atoms with E-state index in [0.717, 1.165) is 17.8 Å². The summed E-state index contributed by atoms with van der Waals surface area (Å²) in [6, 6.07) is 1.68. The molecule has 114 valence electrons. The predicted molar refractivity (Wildman–Crippen MR) is 78.8 cm³/mol. The van der Waals surface area contributed by atoms with Crippen molar-refractivity contribution in [2.45, 2.75) is 31.2 Å². The standard InChI is InChI=1S/C12H20N2O4S2/c1-4-9(2)14(3)7-6-13-20(17,18)10-5-8-19-11(10)12(15)16/h5,8-9,13H,4,6-7H2,1-3H3,(H,15,16). The second-order valence-corrected chi connectivity index (χ2v) is 7.21. The first kappa shape index (κ1) is 17.1. The minimum absolute atomic E-state index is 0.159. The molecule has 0 saturated heterocycles. The first-order chi connectivity index (χ1) is 9.29. The van der Waals surface area contributed by atoms with Crippen molar-refractivity contribution in [1.29, 1.82) is 0 Å². The molecule has 20 heavy (non-hydrogen) atoms. The minimum atomic E-state index is -3.77. The highest BCUT2D eigenvalue weighted by molar-refractivity contribution is 7.89. The molecule has 0 fully saturated rings. The molecular formula is C12H20N2O4S2. The van der Waals surface area contributed by atoms with Gasteiger partial charge in [-0.25, -0.2) is 17.9 Å². The Hall–Kier alpha value is -0.960. The zero-order valence-corrected chi connectivity index (χ0v) is 13.4. The average molecular weight is 320 g/mol. The van der Waals surface area contributed by atoms with E-state index in [9.17, 15) is 13.2 Å². The lowest BCUT2D eigenvalue weighted by molar-refractivity contribution is 0.0698. The minimum Gasteiger partial charge on any atom is -0.477 e. The summed E-state index contributed by atoms with van der Waals surface area (Å²) in [5, 5.41) is 10.4. The van der Waals surface area contributed by atoms with Gasteiger partial charge < -0.3 is 10.0 Å². The van der Waals surface area contributed by atoms with Crippen molar-refractivity contribution in [2.24, 2.45) is 0 Å². The summed E-state index contributed by atoms with van der Waals surface area (Å²) < 4.78 is 26.5. The van der Waals surface area contributed by atoms with Crippen molar-refractivity contribution in [3.05, 3.63) is 16.3 Å². The van der Waals surface area contributed by atoms with Gasteiger partial charge in [0.05, 0.1) is 0 Å². The number of likely N-dealkylation sites (N-methyl/N-ethyl adjacent to an activating group) is 1. The molecule has 0 amide bonds. The Morgan fingerprint density at radius 1 is 1.55 bits per heavy atom. The Morgan fingerprint density at radius 2 is 2.20 bits per heavy atom. The smallest absolute Gasteiger partial charge is 0.347 e. The maximum atomic E-state index is 12.1. The van der Waals surface area contributed by atoms with Gasteiger partial charge in [-0.05, 0) is 31.8 Å². The molecule has 0 radical (unpaired) electrons. The van der Waals surface area contributed by atoms with Crippen LogP contribution in [0.1, 0.15) is 29.9 Å². The zero-order chi connectivity index (χ0) is 15.3. The van der Waals surface area contributed by atoms with Gasteiger partial charge in [0.1, 0.15) is 9.77 Å². The molecule has 0 aromatic carbocycles. The predicted octanol–water partition coefficient (Wildman–Crippen LogP) is 1.45. The number of hydrogen-bond donors (Lipinski definition) is 2. The number of aromatic carboxylic acids is 1. The van der Waals surface area contributed by atoms with Crippen molar-refractivity contribution < 1.29 is 18.3 Å². The number of carboxylic acids is 1. The van der Waals surface area contributed by atoms with E-state index in [2.05, 4.69) is 18.6 Å². The lowest BCUT2D eigenvalue weighted by Crippen LogP contribution is -2.37. The lowest BCUT2D eigenvalue weighted by atomic mass is 10.2. The highest BCUT2D eigenvalue weighted by Gasteiger charge is 2.23. The van der Waals surface area contributed by atoms with Crippen molar-refractivity contribution >= 4 is 27.3 Å². The van der Waals surface area contributed by atoms with Gasteiger partial charge in [-0.1, -0.05) is 6.92 Å². The third kappa shape index (κ3) is 4.27. The van der Waals surface area contributed by atoms with Crippen molar-refractivity contribution in [3.8, 4) is 0 Å². The van der Waals surface area contributed by atoms with Crippen LogP contribution in [0.4, 0.5) is 0 Å². The molecule has 0 saturated carbocycles. The fraction of sp³-hybridized carbons (Fsp3) is 0.583. The number of nitrogens with one attached hydrogen (secondary N) is 1. The van der Waals surface area contributed by atoms with Gasteiger partial charge in [-0.2, -0.15) is 0 Å². The Bertz CT molecular complexity index is 554. The van der Waals surface area contributed by atoms with Gasteiger partial charge in [0.25, 0.3) is 0 Å². The van der Waals surface area contributed by atoms with Crippen LogP contribution < -0.4 is 4.72 Å². The number of nitrogens with zero attached hydrogens (tertiary/aromatic N) is 1. The molecule has 1 rings (SSSR count). The van der Waals surface area contributed by atoms with Crippen LogP contribution in [0.2, 0.25) is 0 Å². The van der Waals surface area contributed by atoms with Crippen LogP contribution in [0.15, 0.2) is 16.3 Å². The van der Waals surface area contributed by atoms with Crippen LogP contribution in [0.25, 0.3) is 0 Å². The maximum absolute atomic E-state index is 12.1. The number of sulfonamides is 1. The first-order valence-electron chi connectivity index (χ1n) is 6.30. The molecule has 0 bridgehead atoms. The van der Waals surface area contributed by atoms with E-state index in [0.29, 0.717) is 12.6 Å². The summed E-state index contributed by atoms with van der Waals surface area (Å²) in [6.45, 7) is 4.95. The topological polar surface area (TPSA) is 86.7 Å². The molecule has 2 N–H and O–H groups in total. The highest BCUT2D eigenvalue weighted by atomic mass is 32.2. The number of carboxylic acid groups (broad SMARTS) is 1. The van der Waals surface area contributed by atoms with Gasteiger partial charge in [0.15, 0.2) is 0 Å². The van der Waals surface area contributed by atoms with E-state index in [4.69, 9.17) is 5.11 Å². The summed E-state index contributed by atoms with van der Waals surface area (Å²) in [5.41, 5.74) is 0. The van der Waals surface area contributed by atoms with Crippen LogP contribution in [0, 0.1) is 0 Å². The Kier molecular flexibility index (Phi) is 6.12. The summed E-state index contributed by atoms with van der Waals surface area (Å²) in [6.07, 6.45) is 0.983. The second kappa shape index (κ2) is 7.16. The van der Waals surface area contributed by atoms with Crippen LogP contribution in [-0.4, -0.2) is 50.6 Å². The molecule has 1 heterocycles. The molecule has 8 heteroatoms. The summed E-state index contributed by atoms with van der Waals surface area (Å²) in [7, 11) is -1.84. The fourth-order valence-corrected chi connectivity index (χ4v) is 3.91. The normalized spacial score (nSPS) is 13.6. The van der Waals surface area contributed by atoms with Crippen molar-refractivity contribution in [3.63, 3.8) is 0 Å². The highest BCUT2D eigenvalue weighted by Crippen LogP contribution is 2.21. The molecule has 1 aromatic rings. The Morgan fingerprint density at radius 3 is 2.75 bits per heavy atom. The molecule has 1 atom stereocenters. The van der Waals surface area contributed by atoms with E-state index in [-0.39, 0.29) is 16.3 Å². The molecule has 0 aliphatic heterocycles. The van der Waals surface area contributed by atoms with Crippen LogP contribution in [0.3, 0.4) is 0 Å². The summed E-state index contributed by atoms with van der Waals surface area (Å²) in [4.78, 5) is 12.7. The van der Waals surface area contributed by atoms with Gasteiger partial charge in [-0.15, -0.1) is 11.3 Å². The van der Waals surface area contributed by atoms with Gasteiger partial charge >= 0.3 is 5.97 Å². The van der Waals surface area contributed by atoms with Crippen LogP contribution >= 0.6 is 11.3 Å². The van der Waals surface area contributed by atoms with E-state index >= 15 is 0 Å². The van der Waals surface area contributed by atoms with Gasteiger partial charge in [-0.3, -0.25) is 0 Å². The molecule has 0 aliphatic carbocycles.